The molecule has 88 valence electrons. The molecule has 1 N–H and O–H groups in total. The molecule has 1 aromatic carbocycles. The third kappa shape index (κ3) is 3.27. The molecule has 0 aliphatic rings. The molecule has 0 aliphatic heterocycles. The highest BCUT2D eigenvalue weighted by atomic mass is 79.9. The van der Waals surface area contributed by atoms with Gasteiger partial charge in [-0.3, -0.25) is 4.79 Å². The number of hydrogen-bond acceptors (Lipinski definition) is 1. The van der Waals surface area contributed by atoms with Crippen molar-refractivity contribution in [3.05, 3.63) is 33.8 Å². The van der Waals surface area contributed by atoms with E-state index in [0.29, 0.717) is 11.0 Å². The first-order chi connectivity index (χ1) is 7.41. The van der Waals surface area contributed by atoms with Crippen LogP contribution in [0, 0.1) is 17.6 Å². The van der Waals surface area contributed by atoms with Gasteiger partial charge in [0.15, 0.2) is 11.6 Å². The van der Waals surface area contributed by atoms with E-state index in [1.54, 1.807) is 0 Å². The van der Waals surface area contributed by atoms with Crippen LogP contribution < -0.4 is 5.32 Å². The number of halogens is 3. The van der Waals surface area contributed by atoms with Gasteiger partial charge in [0.05, 0.1) is 5.56 Å². The molecule has 0 aliphatic carbocycles. The zero-order chi connectivity index (χ0) is 12.3. The van der Waals surface area contributed by atoms with Crippen molar-refractivity contribution in [2.75, 3.05) is 6.54 Å². The predicted molar refractivity (Wildman–Crippen MR) is 61.2 cm³/mol. The predicted octanol–water partition coefficient (Wildman–Crippen LogP) is 3.11. The summed E-state index contributed by atoms with van der Waals surface area (Å²) >= 11 is 3.01. The monoisotopic (exact) mass is 291 g/mol. The average Bonchev–Trinajstić information content (AvgIpc) is 2.19. The van der Waals surface area contributed by atoms with Gasteiger partial charge in [0.2, 0.25) is 0 Å². The summed E-state index contributed by atoms with van der Waals surface area (Å²) in [6.45, 7) is 4.25. The lowest BCUT2D eigenvalue weighted by Crippen LogP contribution is -2.28. The number of carbonyl (C=O) groups is 1. The SMILES string of the molecule is CC(C)CNC(=O)c1cc(Br)cc(F)c1F. The van der Waals surface area contributed by atoms with E-state index in [1.165, 1.54) is 6.07 Å². The van der Waals surface area contributed by atoms with Crippen LogP contribution in [0.4, 0.5) is 8.78 Å². The van der Waals surface area contributed by atoms with Crippen LogP contribution in [0.1, 0.15) is 24.2 Å². The van der Waals surface area contributed by atoms with Gasteiger partial charge in [0, 0.05) is 11.0 Å². The van der Waals surface area contributed by atoms with E-state index < -0.39 is 17.5 Å². The fourth-order valence-corrected chi connectivity index (χ4v) is 1.54. The molecule has 0 fully saturated rings. The number of amides is 1. The Balaban J connectivity index is 2.91. The van der Waals surface area contributed by atoms with Crippen LogP contribution in [-0.2, 0) is 0 Å². The standard InChI is InChI=1S/C11H12BrF2NO/c1-6(2)5-15-11(16)8-3-7(12)4-9(13)10(8)14/h3-4,6H,5H2,1-2H3,(H,15,16). The van der Waals surface area contributed by atoms with Crippen molar-refractivity contribution in [3.63, 3.8) is 0 Å². The molecule has 0 radical (unpaired) electrons. The molecule has 0 saturated heterocycles. The Bertz CT molecular complexity index is 407. The second kappa shape index (κ2) is 5.39. The lowest BCUT2D eigenvalue weighted by atomic mass is 10.1. The van der Waals surface area contributed by atoms with Gasteiger partial charge in [0.25, 0.3) is 5.91 Å². The van der Waals surface area contributed by atoms with Gasteiger partial charge in [-0.05, 0) is 18.1 Å². The largest absolute Gasteiger partial charge is 0.352 e. The van der Waals surface area contributed by atoms with Gasteiger partial charge in [-0.1, -0.05) is 29.8 Å². The van der Waals surface area contributed by atoms with E-state index in [2.05, 4.69) is 21.2 Å². The van der Waals surface area contributed by atoms with E-state index in [-0.39, 0.29) is 11.5 Å². The quantitative estimate of drug-likeness (QED) is 0.852. The minimum absolute atomic E-state index is 0.254. The first kappa shape index (κ1) is 13.1. The molecule has 1 aromatic rings. The highest BCUT2D eigenvalue weighted by molar-refractivity contribution is 9.10. The molecule has 16 heavy (non-hydrogen) atoms. The molecule has 0 aromatic heterocycles. The summed E-state index contributed by atoms with van der Waals surface area (Å²) in [6.07, 6.45) is 0. The van der Waals surface area contributed by atoms with E-state index in [4.69, 9.17) is 0 Å². The summed E-state index contributed by atoms with van der Waals surface area (Å²) in [5.74, 6) is -2.51. The van der Waals surface area contributed by atoms with Crippen molar-refractivity contribution in [1.82, 2.24) is 5.32 Å². The Labute approximate surface area is 101 Å². The van der Waals surface area contributed by atoms with Crippen LogP contribution in [-0.4, -0.2) is 12.5 Å². The van der Waals surface area contributed by atoms with Gasteiger partial charge >= 0.3 is 0 Å². The third-order valence-electron chi connectivity index (χ3n) is 1.91. The van der Waals surface area contributed by atoms with Crippen LogP contribution in [0.15, 0.2) is 16.6 Å². The zero-order valence-electron chi connectivity index (χ0n) is 8.98. The molecule has 1 amide bonds. The van der Waals surface area contributed by atoms with Gasteiger partial charge in [-0.15, -0.1) is 0 Å². The summed E-state index contributed by atoms with van der Waals surface area (Å²) in [5, 5.41) is 2.53. The van der Waals surface area contributed by atoms with Crippen molar-refractivity contribution >= 4 is 21.8 Å². The van der Waals surface area contributed by atoms with Crippen molar-refractivity contribution in [3.8, 4) is 0 Å². The first-order valence-electron chi connectivity index (χ1n) is 4.84. The molecule has 0 saturated carbocycles. The maximum absolute atomic E-state index is 13.3. The second-order valence-electron chi connectivity index (χ2n) is 3.85. The second-order valence-corrected chi connectivity index (χ2v) is 4.77. The first-order valence-corrected chi connectivity index (χ1v) is 5.64. The highest BCUT2D eigenvalue weighted by Gasteiger charge is 2.16. The topological polar surface area (TPSA) is 29.1 Å². The molecule has 5 heteroatoms. The van der Waals surface area contributed by atoms with E-state index in [1.807, 2.05) is 13.8 Å². The molecular weight excluding hydrogens is 280 g/mol. The van der Waals surface area contributed by atoms with Crippen LogP contribution in [0.2, 0.25) is 0 Å². The van der Waals surface area contributed by atoms with Crippen molar-refractivity contribution < 1.29 is 13.6 Å². The highest BCUT2D eigenvalue weighted by Crippen LogP contribution is 2.19. The third-order valence-corrected chi connectivity index (χ3v) is 2.37. The van der Waals surface area contributed by atoms with Crippen molar-refractivity contribution in [1.29, 1.82) is 0 Å². The maximum Gasteiger partial charge on any atom is 0.254 e. The molecular formula is C11H12BrF2NO. The van der Waals surface area contributed by atoms with E-state index in [9.17, 15) is 13.6 Å². The van der Waals surface area contributed by atoms with E-state index >= 15 is 0 Å². The molecule has 0 bridgehead atoms. The number of benzene rings is 1. The Morgan fingerprint density at radius 2 is 2.06 bits per heavy atom. The summed E-state index contributed by atoms with van der Waals surface area (Å²) in [7, 11) is 0. The molecule has 0 atom stereocenters. The minimum atomic E-state index is -1.12. The maximum atomic E-state index is 13.3. The Kier molecular flexibility index (Phi) is 4.41. The molecule has 0 unspecified atom stereocenters. The Hall–Kier alpha value is -0.970. The molecule has 0 spiro atoms. The lowest BCUT2D eigenvalue weighted by Gasteiger charge is -2.08. The Morgan fingerprint density at radius 1 is 1.44 bits per heavy atom. The fourth-order valence-electron chi connectivity index (χ4n) is 1.11. The van der Waals surface area contributed by atoms with Crippen LogP contribution in [0.25, 0.3) is 0 Å². The lowest BCUT2D eigenvalue weighted by molar-refractivity contribution is 0.0944. The summed E-state index contributed by atoms with van der Waals surface area (Å²) < 4.78 is 26.6. The normalized spacial score (nSPS) is 10.6. The van der Waals surface area contributed by atoms with Crippen LogP contribution in [0.3, 0.4) is 0 Å². The van der Waals surface area contributed by atoms with Crippen LogP contribution in [0.5, 0.6) is 0 Å². The van der Waals surface area contributed by atoms with Gasteiger partial charge in [-0.2, -0.15) is 0 Å². The van der Waals surface area contributed by atoms with Gasteiger partial charge in [0.1, 0.15) is 0 Å². The number of nitrogens with one attached hydrogen (secondary N) is 1. The van der Waals surface area contributed by atoms with Gasteiger partial charge in [-0.25, -0.2) is 8.78 Å². The summed E-state index contributed by atoms with van der Waals surface area (Å²) in [6, 6.07) is 2.24. The minimum Gasteiger partial charge on any atom is -0.352 e. The summed E-state index contributed by atoms with van der Waals surface area (Å²) in [4.78, 5) is 11.5. The number of carbonyl (C=O) groups excluding carboxylic acids is 1. The smallest absolute Gasteiger partial charge is 0.254 e. The fraction of sp³-hybridized carbons (Fsp3) is 0.364. The number of hydrogen-bond donors (Lipinski definition) is 1. The van der Waals surface area contributed by atoms with Crippen molar-refractivity contribution in [2.24, 2.45) is 5.92 Å². The number of rotatable bonds is 3. The zero-order valence-corrected chi connectivity index (χ0v) is 10.6. The van der Waals surface area contributed by atoms with Crippen molar-refractivity contribution in [2.45, 2.75) is 13.8 Å². The Morgan fingerprint density at radius 3 is 2.62 bits per heavy atom. The summed E-state index contributed by atoms with van der Waals surface area (Å²) in [5.41, 5.74) is -0.285. The molecule has 1 rings (SSSR count). The van der Waals surface area contributed by atoms with E-state index in [0.717, 1.165) is 6.07 Å². The molecule has 2 nitrogen and oxygen atoms in total. The van der Waals surface area contributed by atoms with Crippen LogP contribution >= 0.6 is 15.9 Å². The van der Waals surface area contributed by atoms with Gasteiger partial charge < -0.3 is 5.32 Å². The average molecular weight is 292 g/mol. The molecule has 0 heterocycles.